The van der Waals surface area contributed by atoms with Crippen LogP contribution in [0.25, 0.3) is 10.9 Å². The molecule has 0 unspecified atom stereocenters. The van der Waals surface area contributed by atoms with E-state index < -0.39 is 5.91 Å². The fraction of sp³-hybridized carbons (Fsp3) is 0.440. The van der Waals surface area contributed by atoms with Crippen molar-refractivity contribution >= 4 is 22.5 Å². The third-order valence-electron chi connectivity index (χ3n) is 6.56. The highest BCUT2D eigenvalue weighted by Gasteiger charge is 2.28. The molecule has 3 aromatic rings. The smallest absolute Gasteiger partial charge is 0.253 e. The number of hydrogen-bond donors (Lipinski definition) is 2. The van der Waals surface area contributed by atoms with Crippen molar-refractivity contribution in [2.75, 3.05) is 24.7 Å². The molecule has 1 fully saturated rings. The molecule has 3 heterocycles. The number of anilines is 1. The molecule has 4 rings (SSSR count). The Morgan fingerprint density at radius 1 is 1.35 bits per heavy atom. The van der Waals surface area contributed by atoms with E-state index in [0.29, 0.717) is 30.9 Å². The number of aromatic amines is 1. The van der Waals surface area contributed by atoms with Crippen molar-refractivity contribution in [1.82, 2.24) is 20.1 Å². The van der Waals surface area contributed by atoms with Crippen LogP contribution in [0.3, 0.4) is 0 Å². The summed E-state index contributed by atoms with van der Waals surface area (Å²) in [5.41, 5.74) is 3.95. The van der Waals surface area contributed by atoms with Crippen molar-refractivity contribution in [3.8, 4) is 6.07 Å². The van der Waals surface area contributed by atoms with Gasteiger partial charge in [-0.15, -0.1) is 0 Å². The second-order valence-electron chi connectivity index (χ2n) is 8.72. The van der Waals surface area contributed by atoms with Gasteiger partial charge < -0.3 is 19.9 Å². The molecule has 34 heavy (non-hydrogen) atoms. The number of carbonyl (C=O) groups is 1. The number of H-pyrrole nitrogens is 1. The molecule has 1 aliphatic heterocycles. The highest BCUT2D eigenvalue weighted by molar-refractivity contribution is 6.06. The summed E-state index contributed by atoms with van der Waals surface area (Å²) in [6, 6.07) is 6.08. The number of aromatic nitrogens is 3. The number of fused-ring (bicyclic) bond motifs is 1. The van der Waals surface area contributed by atoms with Crippen LogP contribution in [0.1, 0.15) is 52.5 Å². The molecule has 1 amide bonds. The Labute approximate surface area is 198 Å². The number of benzene rings is 1. The van der Waals surface area contributed by atoms with Gasteiger partial charge in [-0.05, 0) is 51.3 Å². The van der Waals surface area contributed by atoms with Crippen LogP contribution in [-0.4, -0.2) is 46.5 Å². The van der Waals surface area contributed by atoms with Crippen molar-refractivity contribution < 1.29 is 9.53 Å². The Morgan fingerprint density at radius 3 is 2.74 bits per heavy atom. The summed E-state index contributed by atoms with van der Waals surface area (Å²) in [7, 11) is 1.82. The molecule has 0 radical (unpaired) electrons. The zero-order chi connectivity index (χ0) is 24.4. The molecule has 0 atom stereocenters. The molecule has 9 heteroatoms. The van der Waals surface area contributed by atoms with Gasteiger partial charge in [0, 0.05) is 56.0 Å². The van der Waals surface area contributed by atoms with E-state index in [1.54, 1.807) is 16.9 Å². The Hall–Kier alpha value is -3.64. The Bertz CT molecular complexity index is 1330. The standard InChI is InChI=1S/C25H30N6O3/c1-5-31(17-6-8-34-9-7-17)23-19(12-26)18(11-22-21(23)14-28-30(22)4)24(32)27-13-20-15(2)10-16(3)29-25(20)33/h10-11,14,17H,5-9,13H2,1-4H3,(H,27,32)(H,29,33). The van der Waals surface area contributed by atoms with Gasteiger partial charge >= 0.3 is 0 Å². The maximum Gasteiger partial charge on any atom is 0.253 e. The average Bonchev–Trinajstić information content (AvgIpc) is 3.19. The molecule has 1 aliphatic rings. The molecule has 0 bridgehead atoms. The lowest BCUT2D eigenvalue weighted by molar-refractivity contribution is 0.0846. The second-order valence-corrected chi connectivity index (χ2v) is 8.72. The Morgan fingerprint density at radius 2 is 2.09 bits per heavy atom. The highest BCUT2D eigenvalue weighted by Crippen LogP contribution is 2.36. The largest absolute Gasteiger partial charge is 0.381 e. The van der Waals surface area contributed by atoms with Gasteiger partial charge in [-0.2, -0.15) is 10.4 Å². The van der Waals surface area contributed by atoms with Crippen molar-refractivity contribution in [2.45, 2.75) is 46.2 Å². The first-order valence-corrected chi connectivity index (χ1v) is 11.6. The maximum atomic E-state index is 13.4. The fourth-order valence-electron chi connectivity index (χ4n) is 4.82. The maximum absolute atomic E-state index is 13.4. The number of ether oxygens (including phenoxy) is 1. The first-order chi connectivity index (χ1) is 16.3. The Kier molecular flexibility index (Phi) is 6.70. The average molecular weight is 463 g/mol. The topological polar surface area (TPSA) is 116 Å². The third-order valence-corrected chi connectivity index (χ3v) is 6.56. The number of nitriles is 1. The number of hydrogen-bond acceptors (Lipinski definition) is 6. The molecule has 2 aromatic heterocycles. The number of carbonyl (C=O) groups excluding carboxylic acids is 1. The minimum Gasteiger partial charge on any atom is -0.381 e. The molecular formula is C25H30N6O3. The predicted molar refractivity (Wildman–Crippen MR) is 130 cm³/mol. The minimum atomic E-state index is -0.400. The summed E-state index contributed by atoms with van der Waals surface area (Å²) in [6.45, 7) is 7.81. The second kappa shape index (κ2) is 9.69. The first kappa shape index (κ1) is 23.5. The summed E-state index contributed by atoms with van der Waals surface area (Å²) >= 11 is 0. The van der Waals surface area contributed by atoms with Gasteiger partial charge in [-0.3, -0.25) is 14.3 Å². The monoisotopic (exact) mass is 462 g/mol. The molecule has 0 aliphatic carbocycles. The number of nitrogens with one attached hydrogen (secondary N) is 2. The lowest BCUT2D eigenvalue weighted by Crippen LogP contribution is -2.40. The number of pyridine rings is 1. The summed E-state index contributed by atoms with van der Waals surface area (Å²) in [5, 5.41) is 18.3. The van der Waals surface area contributed by atoms with Crippen LogP contribution in [0.4, 0.5) is 5.69 Å². The SMILES string of the molecule is CCN(c1c(C#N)c(C(=O)NCc2c(C)cc(C)[nH]c2=O)cc2c1cnn2C)C1CCOCC1. The number of nitrogens with zero attached hydrogens (tertiary/aromatic N) is 4. The molecule has 1 saturated heterocycles. The summed E-state index contributed by atoms with van der Waals surface area (Å²) in [6.07, 6.45) is 3.46. The highest BCUT2D eigenvalue weighted by atomic mass is 16.5. The third kappa shape index (κ3) is 4.29. The lowest BCUT2D eigenvalue weighted by Gasteiger charge is -2.36. The van der Waals surface area contributed by atoms with Crippen LogP contribution >= 0.6 is 0 Å². The van der Waals surface area contributed by atoms with Gasteiger partial charge in [0.05, 0.1) is 28.5 Å². The van der Waals surface area contributed by atoms with Crippen LogP contribution in [0.5, 0.6) is 0 Å². The van der Waals surface area contributed by atoms with Crippen LogP contribution in [0.2, 0.25) is 0 Å². The van der Waals surface area contributed by atoms with Crippen molar-refractivity contribution in [3.05, 3.63) is 56.6 Å². The van der Waals surface area contributed by atoms with Crippen molar-refractivity contribution in [1.29, 1.82) is 5.26 Å². The molecular weight excluding hydrogens is 432 g/mol. The molecule has 9 nitrogen and oxygen atoms in total. The van der Waals surface area contributed by atoms with Gasteiger partial charge in [-0.1, -0.05) is 0 Å². The van der Waals surface area contributed by atoms with Gasteiger partial charge in [0.25, 0.3) is 11.5 Å². The predicted octanol–water partition coefficient (Wildman–Crippen LogP) is 2.69. The normalized spacial score (nSPS) is 14.2. The van der Waals surface area contributed by atoms with E-state index in [2.05, 4.69) is 33.3 Å². The zero-order valence-corrected chi connectivity index (χ0v) is 20.1. The molecule has 2 N–H and O–H groups in total. The van der Waals surface area contributed by atoms with Crippen LogP contribution < -0.4 is 15.8 Å². The number of rotatable bonds is 6. The fourth-order valence-corrected chi connectivity index (χ4v) is 4.82. The van der Waals surface area contributed by atoms with E-state index >= 15 is 0 Å². The molecule has 178 valence electrons. The van der Waals surface area contributed by atoms with E-state index in [1.807, 2.05) is 27.0 Å². The van der Waals surface area contributed by atoms with Gasteiger partial charge in [0.1, 0.15) is 6.07 Å². The van der Waals surface area contributed by atoms with E-state index in [0.717, 1.165) is 40.7 Å². The van der Waals surface area contributed by atoms with Crippen LogP contribution in [0.15, 0.2) is 23.1 Å². The van der Waals surface area contributed by atoms with E-state index in [1.165, 1.54) is 0 Å². The summed E-state index contributed by atoms with van der Waals surface area (Å²) < 4.78 is 7.25. The van der Waals surface area contributed by atoms with E-state index in [-0.39, 0.29) is 23.7 Å². The molecule has 1 aromatic carbocycles. The van der Waals surface area contributed by atoms with Crippen molar-refractivity contribution in [2.24, 2.45) is 7.05 Å². The van der Waals surface area contributed by atoms with Crippen LogP contribution in [-0.2, 0) is 18.3 Å². The number of amides is 1. The van der Waals surface area contributed by atoms with Gasteiger partial charge in [0.2, 0.25) is 0 Å². The summed E-state index contributed by atoms with van der Waals surface area (Å²) in [5.74, 6) is -0.400. The Balaban J connectivity index is 1.77. The summed E-state index contributed by atoms with van der Waals surface area (Å²) in [4.78, 5) is 30.7. The van der Waals surface area contributed by atoms with Gasteiger partial charge in [0.15, 0.2) is 0 Å². The number of aryl methyl sites for hydroxylation is 3. The van der Waals surface area contributed by atoms with Crippen molar-refractivity contribution in [3.63, 3.8) is 0 Å². The molecule has 0 spiro atoms. The zero-order valence-electron chi connectivity index (χ0n) is 20.1. The van der Waals surface area contributed by atoms with E-state index in [9.17, 15) is 14.9 Å². The van der Waals surface area contributed by atoms with Crippen LogP contribution in [0, 0.1) is 25.2 Å². The molecule has 0 saturated carbocycles. The quantitative estimate of drug-likeness (QED) is 0.582. The first-order valence-electron chi connectivity index (χ1n) is 11.6. The minimum absolute atomic E-state index is 0.0708. The lowest BCUT2D eigenvalue weighted by atomic mass is 9.98. The van der Waals surface area contributed by atoms with E-state index in [4.69, 9.17) is 4.74 Å². The van der Waals surface area contributed by atoms with Gasteiger partial charge in [-0.25, -0.2) is 0 Å².